The Labute approximate surface area is 381 Å². The van der Waals surface area contributed by atoms with Gasteiger partial charge in [-0.05, 0) is 94.9 Å². The number of pyridine rings is 1. The lowest BCUT2D eigenvalue weighted by Gasteiger charge is -2.42. The van der Waals surface area contributed by atoms with Gasteiger partial charge >= 0.3 is 0 Å². The molecule has 1 atom stereocenters. The average molecular weight is 900 g/mol. The summed E-state index contributed by atoms with van der Waals surface area (Å²) < 4.78 is 34.5. The van der Waals surface area contributed by atoms with Crippen molar-refractivity contribution < 1.29 is 23.2 Å². The van der Waals surface area contributed by atoms with Crippen LogP contribution in [0, 0.1) is 28.4 Å². The van der Waals surface area contributed by atoms with Crippen LogP contribution in [0.3, 0.4) is 0 Å². The van der Waals surface area contributed by atoms with E-state index in [1.54, 1.807) is 15.6 Å². The molecule has 3 amide bonds. The van der Waals surface area contributed by atoms with Gasteiger partial charge < -0.3 is 20.4 Å². The first-order valence-corrected chi connectivity index (χ1v) is 23.5. The highest BCUT2D eigenvalue weighted by atomic mass is 19.1. The third-order valence-electron chi connectivity index (χ3n) is 15.0. The minimum atomic E-state index is -0.731. The molecule has 344 valence electrons. The number of carbonyl (C=O) groups is 3. The number of nitrogens with one attached hydrogen (secondary N) is 3. The Hall–Kier alpha value is -6.48. The number of nitrogens with zero attached hydrogens (tertiary/aromatic N) is 10. The normalized spacial score (nSPS) is 22.7. The molecule has 10 rings (SSSR count). The topological polar surface area (TPSA) is 182 Å². The van der Waals surface area contributed by atoms with Gasteiger partial charge in [0.25, 0.3) is 0 Å². The van der Waals surface area contributed by atoms with E-state index >= 15 is 8.78 Å². The number of anilines is 3. The van der Waals surface area contributed by atoms with Crippen LogP contribution in [0.2, 0.25) is 0 Å². The highest BCUT2D eigenvalue weighted by Gasteiger charge is 2.41. The number of halogens is 2. The van der Waals surface area contributed by atoms with Crippen LogP contribution in [0.5, 0.6) is 0 Å². The summed E-state index contributed by atoms with van der Waals surface area (Å²) >= 11 is 0. The molecule has 2 saturated carbocycles. The van der Waals surface area contributed by atoms with Crippen molar-refractivity contribution in [3.63, 3.8) is 0 Å². The molecule has 16 nitrogen and oxygen atoms in total. The SMILES string of the molecule is CCC1(C(=O)NC2CCC2)CCN(c2ccc(-c3nc(-c4cnn([C@H]5CC[C@H](N6CCN(c7c(F)cc(NC8CCC(=O)NC8=O)cc7F)CC6)CC5)c4)cn4ncc(C#N)c34)cn2)CC1. The number of imide groups is 1. The molecular formula is C48H55F2N13O3. The van der Waals surface area contributed by atoms with Crippen molar-refractivity contribution in [1.29, 1.82) is 5.26 Å². The van der Waals surface area contributed by atoms with E-state index in [0.29, 0.717) is 60.7 Å². The minimum Gasteiger partial charge on any atom is -0.373 e. The second kappa shape index (κ2) is 18.1. The Morgan fingerprint density at radius 2 is 1.62 bits per heavy atom. The molecule has 66 heavy (non-hydrogen) atoms. The number of benzene rings is 1. The van der Waals surface area contributed by atoms with E-state index < -0.39 is 23.6 Å². The van der Waals surface area contributed by atoms with Crippen molar-refractivity contribution >= 4 is 40.4 Å². The molecule has 0 bridgehead atoms. The smallest absolute Gasteiger partial charge is 0.249 e. The summed E-state index contributed by atoms with van der Waals surface area (Å²) in [6.45, 7) is 5.96. The van der Waals surface area contributed by atoms with Crippen LogP contribution in [0.25, 0.3) is 28.0 Å². The number of piperazine rings is 1. The van der Waals surface area contributed by atoms with Gasteiger partial charge in [-0.2, -0.15) is 15.5 Å². The lowest BCUT2D eigenvalue weighted by Crippen LogP contribution is -2.52. The van der Waals surface area contributed by atoms with Crippen molar-refractivity contribution in [2.75, 3.05) is 54.4 Å². The molecule has 5 aromatic rings. The largest absolute Gasteiger partial charge is 0.373 e. The Balaban J connectivity index is 0.762. The minimum absolute atomic E-state index is 0.0613. The third-order valence-corrected chi connectivity index (χ3v) is 15.0. The number of hydrogen-bond acceptors (Lipinski definition) is 12. The van der Waals surface area contributed by atoms with Gasteiger partial charge in [0.1, 0.15) is 34.7 Å². The van der Waals surface area contributed by atoms with Gasteiger partial charge in [-0.1, -0.05) is 6.92 Å². The maximum absolute atomic E-state index is 15.4. The fourth-order valence-electron chi connectivity index (χ4n) is 10.6. The maximum Gasteiger partial charge on any atom is 0.249 e. The second-order valence-corrected chi connectivity index (χ2v) is 18.7. The van der Waals surface area contributed by atoms with Crippen LogP contribution in [-0.2, 0) is 14.4 Å². The van der Waals surface area contributed by atoms with Crippen LogP contribution in [-0.4, -0.2) is 109 Å². The van der Waals surface area contributed by atoms with Gasteiger partial charge in [0, 0.05) is 87.0 Å². The molecule has 3 saturated heterocycles. The quantitative estimate of drug-likeness (QED) is 0.132. The van der Waals surface area contributed by atoms with Gasteiger partial charge in [-0.15, -0.1) is 0 Å². The molecule has 7 heterocycles. The molecule has 5 fully saturated rings. The van der Waals surface area contributed by atoms with Crippen molar-refractivity contribution in [3.8, 4) is 28.6 Å². The third kappa shape index (κ3) is 8.44. The van der Waals surface area contributed by atoms with Gasteiger partial charge in [-0.3, -0.25) is 29.3 Å². The molecule has 18 heteroatoms. The predicted octanol–water partition coefficient (Wildman–Crippen LogP) is 5.99. The van der Waals surface area contributed by atoms with E-state index in [9.17, 15) is 19.6 Å². The van der Waals surface area contributed by atoms with Crippen LogP contribution < -0.4 is 25.8 Å². The molecule has 2 aliphatic carbocycles. The zero-order valence-electron chi connectivity index (χ0n) is 37.2. The van der Waals surface area contributed by atoms with Crippen molar-refractivity contribution in [1.82, 2.24) is 44.9 Å². The predicted molar refractivity (Wildman–Crippen MR) is 243 cm³/mol. The van der Waals surface area contributed by atoms with Crippen LogP contribution in [0.1, 0.15) is 95.6 Å². The number of nitriles is 1. The molecule has 3 N–H and O–H groups in total. The van der Waals surface area contributed by atoms with E-state index in [1.165, 1.54) is 18.6 Å². The number of hydrogen-bond donors (Lipinski definition) is 3. The molecule has 3 aliphatic heterocycles. The van der Waals surface area contributed by atoms with Crippen LogP contribution in [0.15, 0.2) is 55.2 Å². The van der Waals surface area contributed by atoms with Crippen molar-refractivity contribution in [2.24, 2.45) is 5.41 Å². The van der Waals surface area contributed by atoms with Crippen molar-refractivity contribution in [3.05, 3.63) is 72.4 Å². The first-order chi connectivity index (χ1) is 32.1. The summed E-state index contributed by atoms with van der Waals surface area (Å²) in [6.07, 6.45) is 19.0. The summed E-state index contributed by atoms with van der Waals surface area (Å²) in [6, 6.07) is 8.86. The molecule has 0 spiro atoms. The second-order valence-electron chi connectivity index (χ2n) is 18.7. The Kier molecular flexibility index (Phi) is 11.9. The molecule has 0 radical (unpaired) electrons. The average Bonchev–Trinajstić information content (AvgIpc) is 3.99. The number of piperidine rings is 2. The lowest BCUT2D eigenvalue weighted by molar-refractivity contribution is -0.134. The fraction of sp³-hybridized carbons (Fsp3) is 0.500. The standard InChI is InChI=1S/C48H55F2N13O3/c1-2-48(47(66)56-33-4-3-5-33)14-16-60(17-15-48)41-12-6-30(25-52-41)43-44-31(24-51)26-54-63(44)29-40(57-43)32-27-53-62(28-32)36-9-7-35(8-10-36)59-18-20-61(21-19-59)45-37(49)22-34(23-38(45)50)55-39-11-13-42(64)58-46(39)65/h6,12,22-23,25-29,33,35-36,39,55H,2-5,7-11,13-21H2,1H3,(H,56,66)(H,58,64,65)/t35-,36-,39?. The fourth-order valence-corrected chi connectivity index (χ4v) is 10.6. The summed E-state index contributed by atoms with van der Waals surface area (Å²) in [7, 11) is 0. The van der Waals surface area contributed by atoms with E-state index in [-0.39, 0.29) is 47.5 Å². The van der Waals surface area contributed by atoms with E-state index in [4.69, 9.17) is 15.1 Å². The van der Waals surface area contributed by atoms with Crippen molar-refractivity contribution in [2.45, 2.75) is 108 Å². The highest BCUT2D eigenvalue weighted by Crippen LogP contribution is 2.39. The first kappa shape index (κ1) is 43.4. The Bertz CT molecular complexity index is 2640. The summed E-state index contributed by atoms with van der Waals surface area (Å²) in [5.74, 6) is -1.19. The molecule has 5 aliphatic rings. The maximum atomic E-state index is 15.4. The number of rotatable bonds is 11. The van der Waals surface area contributed by atoms with Gasteiger partial charge in [0.15, 0.2) is 11.6 Å². The Morgan fingerprint density at radius 1 is 0.879 bits per heavy atom. The highest BCUT2D eigenvalue weighted by molar-refractivity contribution is 6.01. The van der Waals surface area contributed by atoms with E-state index in [1.807, 2.05) is 41.6 Å². The van der Waals surface area contributed by atoms with Gasteiger partial charge in [0.05, 0.1) is 41.4 Å². The monoisotopic (exact) mass is 899 g/mol. The zero-order chi connectivity index (χ0) is 45.5. The molecule has 1 aromatic carbocycles. The molecular weight excluding hydrogens is 845 g/mol. The number of carbonyl (C=O) groups excluding carboxylic acids is 3. The summed E-state index contributed by atoms with van der Waals surface area (Å²) in [4.78, 5) is 53.4. The molecule has 4 aromatic heterocycles. The molecule has 1 unspecified atom stereocenters. The Morgan fingerprint density at radius 3 is 2.27 bits per heavy atom. The van der Waals surface area contributed by atoms with Crippen LogP contribution >= 0.6 is 0 Å². The van der Waals surface area contributed by atoms with Crippen LogP contribution in [0.4, 0.5) is 26.0 Å². The summed E-state index contributed by atoms with van der Waals surface area (Å²) in [5, 5.41) is 27.7. The summed E-state index contributed by atoms with van der Waals surface area (Å²) in [5.41, 5.74) is 3.67. The first-order valence-electron chi connectivity index (χ1n) is 23.5. The van der Waals surface area contributed by atoms with E-state index in [2.05, 4.69) is 43.8 Å². The van der Waals surface area contributed by atoms with Gasteiger partial charge in [0.2, 0.25) is 17.7 Å². The number of fused-ring (bicyclic) bond motifs is 1. The van der Waals surface area contributed by atoms with Gasteiger partial charge in [-0.25, -0.2) is 23.3 Å². The number of aromatic nitrogens is 6. The lowest BCUT2D eigenvalue weighted by atomic mass is 9.74. The van der Waals surface area contributed by atoms with E-state index in [0.717, 1.165) is 87.8 Å². The zero-order valence-corrected chi connectivity index (χ0v) is 37.2. The number of amides is 3.